The van der Waals surface area contributed by atoms with Crippen molar-refractivity contribution in [1.29, 1.82) is 0 Å². The molecule has 3 nitrogen and oxygen atoms in total. The molecule has 3 heteroatoms. The minimum absolute atomic E-state index is 0.0776. The molecule has 0 bridgehead atoms. The molecule has 1 saturated carbocycles. The van der Waals surface area contributed by atoms with Gasteiger partial charge in [-0.1, -0.05) is 43.0 Å². The number of hydrogen-bond donors (Lipinski definition) is 1. The van der Waals surface area contributed by atoms with Crippen LogP contribution in [0.25, 0.3) is 0 Å². The van der Waals surface area contributed by atoms with Crippen molar-refractivity contribution in [3.63, 3.8) is 0 Å². The molecular formula is C17H24N2O. The zero-order valence-corrected chi connectivity index (χ0v) is 12.7. The lowest BCUT2D eigenvalue weighted by atomic mass is 9.89. The summed E-state index contributed by atoms with van der Waals surface area (Å²) >= 11 is 0. The molecule has 1 aliphatic rings. The zero-order chi connectivity index (χ0) is 14.5. The zero-order valence-electron chi connectivity index (χ0n) is 12.7. The minimum Gasteiger partial charge on any atom is -0.273 e. The first-order valence-corrected chi connectivity index (χ1v) is 7.49. The van der Waals surface area contributed by atoms with Crippen LogP contribution in [0.5, 0.6) is 0 Å². The van der Waals surface area contributed by atoms with Crippen molar-refractivity contribution in [2.75, 3.05) is 0 Å². The highest BCUT2D eigenvalue weighted by Crippen LogP contribution is 2.23. The largest absolute Gasteiger partial charge is 0.273 e. The average molecular weight is 272 g/mol. The minimum atomic E-state index is 0.0776. The Morgan fingerprint density at radius 3 is 2.55 bits per heavy atom. The molecule has 1 aromatic rings. The molecule has 1 aromatic carbocycles. The van der Waals surface area contributed by atoms with E-state index in [1.807, 2.05) is 6.92 Å². The van der Waals surface area contributed by atoms with Crippen LogP contribution in [-0.2, 0) is 4.79 Å². The Bertz CT molecular complexity index is 514. The van der Waals surface area contributed by atoms with E-state index in [0.717, 1.165) is 37.0 Å². The van der Waals surface area contributed by atoms with Crippen molar-refractivity contribution in [3.05, 3.63) is 34.9 Å². The maximum atomic E-state index is 12.1. The van der Waals surface area contributed by atoms with Crippen LogP contribution >= 0.6 is 0 Å². The average Bonchev–Trinajstić information content (AvgIpc) is 2.45. The van der Waals surface area contributed by atoms with Crippen molar-refractivity contribution < 1.29 is 4.79 Å². The number of carbonyl (C=O) groups excluding carboxylic acids is 1. The maximum absolute atomic E-state index is 12.1. The Morgan fingerprint density at radius 1 is 1.20 bits per heavy atom. The molecule has 1 N–H and O–H groups in total. The standard InChI is InChI=1S/C17H24N2O/c1-12-9-10-16(13(2)11-12)14(3)18-19-17(20)15-7-5-4-6-8-15/h9-11,15H,4-8H2,1-3H3,(H,19,20)/b18-14+. The van der Waals surface area contributed by atoms with E-state index in [-0.39, 0.29) is 11.8 Å². The normalized spacial score (nSPS) is 17.1. The first-order valence-electron chi connectivity index (χ1n) is 7.49. The highest BCUT2D eigenvalue weighted by molar-refractivity contribution is 6.00. The van der Waals surface area contributed by atoms with E-state index in [2.05, 4.69) is 42.6 Å². The van der Waals surface area contributed by atoms with Crippen molar-refractivity contribution in [2.24, 2.45) is 11.0 Å². The lowest BCUT2D eigenvalue weighted by Crippen LogP contribution is -2.29. The number of benzene rings is 1. The molecule has 108 valence electrons. The van der Waals surface area contributed by atoms with E-state index < -0.39 is 0 Å². The van der Waals surface area contributed by atoms with Crippen LogP contribution in [-0.4, -0.2) is 11.6 Å². The number of nitrogens with zero attached hydrogens (tertiary/aromatic N) is 1. The summed E-state index contributed by atoms with van der Waals surface area (Å²) in [5.41, 5.74) is 7.14. The second kappa shape index (κ2) is 6.69. The molecule has 0 atom stereocenters. The molecule has 1 amide bonds. The topological polar surface area (TPSA) is 41.5 Å². The fourth-order valence-electron chi connectivity index (χ4n) is 2.87. The Hall–Kier alpha value is -1.64. The second-order valence-corrected chi connectivity index (χ2v) is 5.83. The Morgan fingerprint density at radius 2 is 1.90 bits per heavy atom. The van der Waals surface area contributed by atoms with Gasteiger partial charge in [-0.05, 0) is 39.2 Å². The monoisotopic (exact) mass is 272 g/mol. The lowest BCUT2D eigenvalue weighted by Gasteiger charge is -2.19. The third kappa shape index (κ3) is 3.69. The van der Waals surface area contributed by atoms with E-state index >= 15 is 0 Å². The van der Waals surface area contributed by atoms with Crippen LogP contribution in [0.1, 0.15) is 55.7 Å². The molecule has 1 aliphatic carbocycles. The predicted molar refractivity (Wildman–Crippen MR) is 82.8 cm³/mol. The van der Waals surface area contributed by atoms with E-state index in [1.54, 1.807) is 0 Å². The number of rotatable bonds is 3. The van der Waals surface area contributed by atoms with Crippen molar-refractivity contribution in [2.45, 2.75) is 52.9 Å². The first kappa shape index (κ1) is 14.8. The summed E-state index contributed by atoms with van der Waals surface area (Å²) in [5.74, 6) is 0.230. The van der Waals surface area contributed by atoms with Gasteiger partial charge in [0.1, 0.15) is 0 Å². The van der Waals surface area contributed by atoms with Crippen LogP contribution in [0.15, 0.2) is 23.3 Å². The third-order valence-electron chi connectivity index (χ3n) is 4.08. The third-order valence-corrected chi connectivity index (χ3v) is 4.08. The van der Waals surface area contributed by atoms with E-state index in [4.69, 9.17) is 0 Å². The number of amides is 1. The highest BCUT2D eigenvalue weighted by atomic mass is 16.2. The molecule has 0 unspecified atom stereocenters. The van der Waals surface area contributed by atoms with Crippen LogP contribution in [0, 0.1) is 19.8 Å². The molecule has 20 heavy (non-hydrogen) atoms. The first-order chi connectivity index (χ1) is 9.58. The van der Waals surface area contributed by atoms with Crippen molar-refractivity contribution in [3.8, 4) is 0 Å². The van der Waals surface area contributed by atoms with Gasteiger partial charge < -0.3 is 0 Å². The fraction of sp³-hybridized carbons (Fsp3) is 0.529. The summed E-state index contributed by atoms with van der Waals surface area (Å²) in [6.07, 6.45) is 5.60. The van der Waals surface area contributed by atoms with Crippen LogP contribution in [0.4, 0.5) is 0 Å². The van der Waals surface area contributed by atoms with Crippen LogP contribution in [0.3, 0.4) is 0 Å². The molecular weight excluding hydrogens is 248 g/mol. The molecule has 2 rings (SSSR count). The van der Waals surface area contributed by atoms with Gasteiger partial charge in [-0.2, -0.15) is 5.10 Å². The van der Waals surface area contributed by atoms with Crippen LogP contribution in [0.2, 0.25) is 0 Å². The summed E-state index contributed by atoms with van der Waals surface area (Å²) in [6.45, 7) is 6.09. The molecule has 0 spiro atoms. The Balaban J connectivity index is 2.01. The fourth-order valence-corrected chi connectivity index (χ4v) is 2.87. The van der Waals surface area contributed by atoms with Crippen molar-refractivity contribution in [1.82, 2.24) is 5.43 Å². The van der Waals surface area contributed by atoms with E-state index in [1.165, 1.54) is 17.5 Å². The molecule has 1 fully saturated rings. The number of hydrogen-bond acceptors (Lipinski definition) is 2. The number of aryl methyl sites for hydroxylation is 2. The van der Waals surface area contributed by atoms with Gasteiger partial charge in [0.15, 0.2) is 0 Å². The predicted octanol–water partition coefficient (Wildman–Crippen LogP) is 3.72. The molecule has 0 saturated heterocycles. The van der Waals surface area contributed by atoms with Gasteiger partial charge in [0, 0.05) is 11.5 Å². The van der Waals surface area contributed by atoms with Gasteiger partial charge in [0.25, 0.3) is 0 Å². The Kier molecular flexibility index (Phi) is 4.94. The summed E-state index contributed by atoms with van der Waals surface area (Å²) in [4.78, 5) is 12.1. The quantitative estimate of drug-likeness (QED) is 0.661. The van der Waals surface area contributed by atoms with Crippen molar-refractivity contribution >= 4 is 11.6 Å². The highest BCUT2D eigenvalue weighted by Gasteiger charge is 2.20. The number of hydrazone groups is 1. The SMILES string of the molecule is C/C(=N\NC(=O)C1CCCCC1)c1ccc(C)cc1C. The van der Waals surface area contributed by atoms with Crippen LogP contribution < -0.4 is 5.43 Å². The van der Waals surface area contributed by atoms with Gasteiger partial charge >= 0.3 is 0 Å². The summed E-state index contributed by atoms with van der Waals surface area (Å²) in [7, 11) is 0. The maximum Gasteiger partial charge on any atom is 0.243 e. The van der Waals surface area contributed by atoms with Gasteiger partial charge in [0.2, 0.25) is 5.91 Å². The molecule has 0 aliphatic heterocycles. The molecule has 0 heterocycles. The smallest absolute Gasteiger partial charge is 0.243 e. The molecule has 0 radical (unpaired) electrons. The summed E-state index contributed by atoms with van der Waals surface area (Å²) in [6, 6.07) is 6.28. The van der Waals surface area contributed by atoms with Gasteiger partial charge in [0.05, 0.1) is 5.71 Å². The Labute approximate surface area is 121 Å². The second-order valence-electron chi connectivity index (χ2n) is 5.83. The molecule has 0 aromatic heterocycles. The number of carbonyl (C=O) groups is 1. The summed E-state index contributed by atoms with van der Waals surface area (Å²) in [5, 5.41) is 4.28. The number of nitrogens with one attached hydrogen (secondary N) is 1. The van der Waals surface area contributed by atoms with Gasteiger partial charge in [-0.25, -0.2) is 5.43 Å². The van der Waals surface area contributed by atoms with E-state index in [0.29, 0.717) is 0 Å². The van der Waals surface area contributed by atoms with Gasteiger partial charge in [-0.3, -0.25) is 4.79 Å². The summed E-state index contributed by atoms with van der Waals surface area (Å²) < 4.78 is 0. The van der Waals surface area contributed by atoms with Gasteiger partial charge in [-0.15, -0.1) is 0 Å². The lowest BCUT2D eigenvalue weighted by molar-refractivity contribution is -0.125. The van der Waals surface area contributed by atoms with E-state index in [9.17, 15) is 4.79 Å².